The van der Waals surface area contributed by atoms with Gasteiger partial charge in [0.25, 0.3) is 0 Å². The predicted octanol–water partition coefficient (Wildman–Crippen LogP) is 2.86. The third-order valence-electron chi connectivity index (χ3n) is 2.94. The highest BCUT2D eigenvalue weighted by Gasteiger charge is 2.30. The van der Waals surface area contributed by atoms with Gasteiger partial charge in [0.2, 0.25) is 0 Å². The van der Waals surface area contributed by atoms with Crippen molar-refractivity contribution in [3.05, 3.63) is 47.2 Å². The molecule has 0 aliphatic heterocycles. The van der Waals surface area contributed by atoms with Crippen molar-refractivity contribution >= 4 is 30.6 Å². The molecule has 0 saturated heterocycles. The number of hydrogen-bond acceptors (Lipinski definition) is 2. The molecule has 0 spiro atoms. The molecule has 104 valence electrons. The van der Waals surface area contributed by atoms with E-state index < -0.39 is 11.7 Å². The number of halogens is 4. The average molecular weight is 307 g/mol. The Morgan fingerprint density at radius 2 is 1.95 bits per heavy atom. The SMILES string of the molecule is [B]c1cnn2c(Cl)cc(-c3cccc(C(F)(F)F)c3)nc12. The lowest BCUT2D eigenvalue weighted by molar-refractivity contribution is -0.137. The zero-order chi connectivity index (χ0) is 15.2. The molecule has 0 bridgehead atoms. The van der Waals surface area contributed by atoms with Crippen LogP contribution in [0.5, 0.6) is 0 Å². The van der Waals surface area contributed by atoms with Gasteiger partial charge in [-0.2, -0.15) is 18.3 Å². The summed E-state index contributed by atoms with van der Waals surface area (Å²) in [7, 11) is 5.71. The van der Waals surface area contributed by atoms with Gasteiger partial charge in [0.05, 0.1) is 11.3 Å². The highest BCUT2D eigenvalue weighted by molar-refractivity contribution is 6.36. The summed E-state index contributed by atoms with van der Waals surface area (Å²) in [5.41, 5.74) is 0.445. The maximum atomic E-state index is 12.7. The fraction of sp³-hybridized carbons (Fsp3) is 0.0769. The first-order valence-corrected chi connectivity index (χ1v) is 6.21. The molecule has 0 N–H and O–H groups in total. The summed E-state index contributed by atoms with van der Waals surface area (Å²) in [6.45, 7) is 0. The van der Waals surface area contributed by atoms with Crippen LogP contribution >= 0.6 is 11.6 Å². The van der Waals surface area contributed by atoms with E-state index in [0.717, 1.165) is 12.1 Å². The van der Waals surface area contributed by atoms with Gasteiger partial charge in [-0.05, 0) is 17.6 Å². The number of hydrogen-bond donors (Lipinski definition) is 0. The lowest BCUT2D eigenvalue weighted by Gasteiger charge is -2.09. The van der Waals surface area contributed by atoms with Crippen molar-refractivity contribution in [1.82, 2.24) is 14.6 Å². The lowest BCUT2D eigenvalue weighted by Crippen LogP contribution is -2.06. The van der Waals surface area contributed by atoms with Gasteiger partial charge >= 0.3 is 6.18 Å². The molecule has 0 atom stereocenters. The van der Waals surface area contributed by atoms with Gasteiger partial charge in [-0.25, -0.2) is 9.50 Å². The largest absolute Gasteiger partial charge is 0.416 e. The monoisotopic (exact) mass is 307 g/mol. The van der Waals surface area contributed by atoms with Crippen LogP contribution in [-0.4, -0.2) is 22.4 Å². The van der Waals surface area contributed by atoms with Crippen LogP contribution in [0.3, 0.4) is 0 Å². The summed E-state index contributed by atoms with van der Waals surface area (Å²) in [5.74, 6) is 0. The first-order chi connectivity index (χ1) is 9.86. The van der Waals surface area contributed by atoms with Crippen molar-refractivity contribution in [3.8, 4) is 11.3 Å². The standard InChI is InChI=1S/C13H6BClF3N3/c14-9-6-19-21-11(15)5-10(20-12(9)21)7-2-1-3-8(4-7)13(16,17)18/h1-6H. The van der Waals surface area contributed by atoms with Crippen molar-refractivity contribution < 1.29 is 13.2 Å². The van der Waals surface area contributed by atoms with Crippen LogP contribution in [-0.2, 0) is 6.18 Å². The van der Waals surface area contributed by atoms with Crippen molar-refractivity contribution in [1.29, 1.82) is 0 Å². The maximum absolute atomic E-state index is 12.7. The highest BCUT2D eigenvalue weighted by Crippen LogP contribution is 2.32. The molecule has 0 aliphatic rings. The van der Waals surface area contributed by atoms with E-state index in [9.17, 15) is 13.2 Å². The van der Waals surface area contributed by atoms with E-state index in [1.165, 1.54) is 28.9 Å². The highest BCUT2D eigenvalue weighted by atomic mass is 35.5. The van der Waals surface area contributed by atoms with Crippen LogP contribution in [0.15, 0.2) is 36.5 Å². The lowest BCUT2D eigenvalue weighted by atomic mass is 10.0. The summed E-state index contributed by atoms with van der Waals surface area (Å²) in [6, 6.07) is 6.30. The molecular weight excluding hydrogens is 301 g/mol. The topological polar surface area (TPSA) is 30.2 Å². The summed E-state index contributed by atoms with van der Waals surface area (Å²) in [4.78, 5) is 4.21. The molecule has 3 nitrogen and oxygen atoms in total. The molecule has 0 amide bonds. The molecule has 0 saturated carbocycles. The van der Waals surface area contributed by atoms with E-state index in [1.54, 1.807) is 0 Å². The second-order valence-electron chi connectivity index (χ2n) is 4.38. The van der Waals surface area contributed by atoms with Crippen LogP contribution in [0.25, 0.3) is 16.9 Å². The van der Waals surface area contributed by atoms with Crippen molar-refractivity contribution in [2.24, 2.45) is 0 Å². The fourth-order valence-corrected chi connectivity index (χ4v) is 2.17. The Hall–Kier alpha value is -2.02. The normalized spacial score (nSPS) is 12.0. The van der Waals surface area contributed by atoms with Crippen molar-refractivity contribution in [2.75, 3.05) is 0 Å². The molecular formula is C13H6BClF3N3. The molecule has 0 aliphatic carbocycles. The van der Waals surface area contributed by atoms with Gasteiger partial charge in [-0.15, -0.1) is 0 Å². The van der Waals surface area contributed by atoms with Crippen molar-refractivity contribution in [3.63, 3.8) is 0 Å². The minimum atomic E-state index is -4.42. The first-order valence-electron chi connectivity index (χ1n) is 5.83. The fourth-order valence-electron chi connectivity index (χ4n) is 1.95. The Morgan fingerprint density at radius 3 is 2.67 bits per heavy atom. The summed E-state index contributed by atoms with van der Waals surface area (Å²) in [5, 5.41) is 4.14. The molecule has 2 aromatic heterocycles. The van der Waals surface area contributed by atoms with Gasteiger partial charge < -0.3 is 0 Å². The van der Waals surface area contributed by atoms with Crippen LogP contribution in [0.1, 0.15) is 5.56 Å². The van der Waals surface area contributed by atoms with E-state index in [2.05, 4.69) is 10.1 Å². The molecule has 3 rings (SSSR count). The number of rotatable bonds is 1. The number of aromatic nitrogens is 3. The Morgan fingerprint density at radius 1 is 1.19 bits per heavy atom. The molecule has 0 unspecified atom stereocenters. The second kappa shape index (κ2) is 4.77. The number of nitrogens with zero attached hydrogens (tertiary/aromatic N) is 3. The predicted molar refractivity (Wildman–Crippen MR) is 73.8 cm³/mol. The van der Waals surface area contributed by atoms with Crippen LogP contribution < -0.4 is 5.46 Å². The Labute approximate surface area is 123 Å². The molecule has 2 radical (unpaired) electrons. The molecule has 2 heterocycles. The summed E-state index contributed by atoms with van der Waals surface area (Å²) in [6.07, 6.45) is -3.04. The van der Waals surface area contributed by atoms with E-state index >= 15 is 0 Å². The number of fused-ring (bicyclic) bond motifs is 1. The van der Waals surface area contributed by atoms with Crippen LogP contribution in [0, 0.1) is 0 Å². The first kappa shape index (κ1) is 13.9. The van der Waals surface area contributed by atoms with Gasteiger partial charge in [-0.1, -0.05) is 23.7 Å². The zero-order valence-corrected chi connectivity index (χ0v) is 11.2. The summed E-state index contributed by atoms with van der Waals surface area (Å²) >= 11 is 6.04. The van der Waals surface area contributed by atoms with E-state index in [1.807, 2.05) is 0 Å². The minimum absolute atomic E-state index is 0.212. The van der Waals surface area contributed by atoms with Gasteiger partial charge in [0.1, 0.15) is 18.6 Å². The molecule has 8 heteroatoms. The molecule has 1 aromatic carbocycles. The molecule has 3 aromatic rings. The maximum Gasteiger partial charge on any atom is 0.416 e. The van der Waals surface area contributed by atoms with E-state index in [4.69, 9.17) is 19.4 Å². The van der Waals surface area contributed by atoms with Crippen molar-refractivity contribution in [2.45, 2.75) is 6.18 Å². The summed E-state index contributed by atoms with van der Waals surface area (Å²) < 4.78 is 39.6. The van der Waals surface area contributed by atoms with Gasteiger partial charge in [-0.3, -0.25) is 0 Å². The van der Waals surface area contributed by atoms with Crippen LogP contribution in [0.4, 0.5) is 13.2 Å². The quantitative estimate of drug-likeness (QED) is 0.511. The number of alkyl halides is 3. The third-order valence-corrected chi connectivity index (χ3v) is 3.21. The number of benzene rings is 1. The molecule has 0 fully saturated rings. The van der Waals surface area contributed by atoms with Gasteiger partial charge in [0, 0.05) is 17.8 Å². The third kappa shape index (κ3) is 2.49. The van der Waals surface area contributed by atoms with E-state index in [0.29, 0.717) is 22.4 Å². The Bertz CT molecular complexity index is 829. The second-order valence-corrected chi connectivity index (χ2v) is 4.77. The minimum Gasteiger partial charge on any atom is -0.229 e. The van der Waals surface area contributed by atoms with E-state index in [-0.39, 0.29) is 5.15 Å². The Balaban J connectivity index is 2.18. The Kier molecular flexibility index (Phi) is 3.17. The average Bonchev–Trinajstić information content (AvgIpc) is 2.80. The smallest absolute Gasteiger partial charge is 0.229 e. The van der Waals surface area contributed by atoms with Crippen LogP contribution in [0.2, 0.25) is 5.15 Å². The zero-order valence-electron chi connectivity index (χ0n) is 10.4. The molecule has 21 heavy (non-hydrogen) atoms. The van der Waals surface area contributed by atoms with Gasteiger partial charge in [0.15, 0.2) is 0 Å².